The van der Waals surface area contributed by atoms with Crippen LogP contribution in [0.2, 0.25) is 0 Å². The van der Waals surface area contributed by atoms with Crippen LogP contribution in [0.15, 0.2) is 54.0 Å². The molecule has 11 heteroatoms. The number of aromatic nitrogens is 1. The van der Waals surface area contributed by atoms with Crippen LogP contribution in [0.4, 0.5) is 0 Å². The largest absolute Gasteiger partial charge is 0.494 e. The summed E-state index contributed by atoms with van der Waals surface area (Å²) in [6.07, 6.45) is 5.96. The minimum Gasteiger partial charge on any atom is -0.494 e. The first-order valence-electron chi connectivity index (χ1n) is 18.3. The van der Waals surface area contributed by atoms with Crippen molar-refractivity contribution < 1.29 is 28.6 Å². The number of thiazole rings is 1. The highest BCUT2D eigenvalue weighted by Crippen LogP contribution is 2.28. The molecule has 1 saturated heterocycles. The third-order valence-electron chi connectivity index (χ3n) is 9.00. The first-order chi connectivity index (χ1) is 24.6. The third kappa shape index (κ3) is 12.7. The van der Waals surface area contributed by atoms with Gasteiger partial charge in [-0.25, -0.2) is 4.98 Å². The Labute approximate surface area is 307 Å². The van der Waals surface area contributed by atoms with E-state index in [0.717, 1.165) is 59.6 Å². The van der Waals surface area contributed by atoms with Crippen molar-refractivity contribution in [2.75, 3.05) is 39.6 Å². The fourth-order valence-corrected chi connectivity index (χ4v) is 6.85. The predicted molar refractivity (Wildman–Crippen MR) is 202 cm³/mol. The molecule has 2 heterocycles. The first-order valence-corrected chi connectivity index (χ1v) is 19.2. The number of unbranched alkanes of at least 4 members (excludes halogenated alkanes) is 2. The van der Waals surface area contributed by atoms with Crippen molar-refractivity contribution in [1.82, 2.24) is 20.5 Å². The smallest absolute Gasteiger partial charge is 0.246 e. The third-order valence-corrected chi connectivity index (χ3v) is 9.98. The second-order valence-electron chi connectivity index (χ2n) is 14.2. The Balaban J connectivity index is 1.11. The van der Waals surface area contributed by atoms with Crippen LogP contribution >= 0.6 is 11.3 Å². The molecule has 1 aliphatic heterocycles. The van der Waals surface area contributed by atoms with Crippen molar-refractivity contribution in [3.8, 4) is 16.2 Å². The highest BCUT2D eigenvalue weighted by Gasteiger charge is 2.41. The lowest BCUT2D eigenvalue weighted by atomic mass is 9.85. The summed E-state index contributed by atoms with van der Waals surface area (Å²) in [5.74, 6) is 0.140. The van der Waals surface area contributed by atoms with Crippen molar-refractivity contribution in [2.24, 2.45) is 5.41 Å². The van der Waals surface area contributed by atoms with E-state index in [4.69, 9.17) is 14.2 Å². The Morgan fingerprint density at radius 1 is 0.961 bits per heavy atom. The van der Waals surface area contributed by atoms with Gasteiger partial charge in [-0.2, -0.15) is 0 Å². The number of nitrogens with one attached hydrogen (secondary N) is 2. The van der Waals surface area contributed by atoms with Crippen molar-refractivity contribution in [3.63, 3.8) is 0 Å². The van der Waals surface area contributed by atoms with Crippen molar-refractivity contribution in [2.45, 2.75) is 98.2 Å². The summed E-state index contributed by atoms with van der Waals surface area (Å²) < 4.78 is 17.2. The van der Waals surface area contributed by atoms with Crippen LogP contribution in [-0.4, -0.2) is 79.3 Å². The Hall–Kier alpha value is -3.80. The number of nitrogens with zero attached hydrogens (tertiary/aromatic N) is 2. The lowest BCUT2D eigenvalue weighted by molar-refractivity contribution is -0.144. The van der Waals surface area contributed by atoms with Gasteiger partial charge in [-0.15, -0.1) is 11.3 Å². The minimum absolute atomic E-state index is 0.147. The zero-order valence-corrected chi connectivity index (χ0v) is 31.8. The van der Waals surface area contributed by atoms with Gasteiger partial charge < -0.3 is 29.7 Å². The molecule has 3 amide bonds. The molecule has 2 N–H and O–H groups in total. The number of hydrogen-bond donors (Lipinski definition) is 2. The Morgan fingerprint density at radius 2 is 1.71 bits per heavy atom. The maximum Gasteiger partial charge on any atom is 0.246 e. The van der Waals surface area contributed by atoms with Gasteiger partial charge in [0.15, 0.2) is 0 Å². The van der Waals surface area contributed by atoms with E-state index >= 15 is 0 Å². The van der Waals surface area contributed by atoms with E-state index in [1.165, 1.54) is 5.56 Å². The van der Waals surface area contributed by atoms with Crippen LogP contribution in [0.5, 0.6) is 5.75 Å². The topological polar surface area (TPSA) is 119 Å². The van der Waals surface area contributed by atoms with Gasteiger partial charge in [-0.05, 0) is 86.1 Å². The molecule has 2 unspecified atom stereocenters. The summed E-state index contributed by atoms with van der Waals surface area (Å²) in [7, 11) is 0. The van der Waals surface area contributed by atoms with Gasteiger partial charge in [0.25, 0.3) is 0 Å². The zero-order chi connectivity index (χ0) is 36.6. The highest BCUT2D eigenvalue weighted by atomic mass is 32.1. The van der Waals surface area contributed by atoms with Crippen LogP contribution in [0.25, 0.3) is 10.4 Å². The number of amides is 3. The fraction of sp³-hybridized carbons (Fsp3) is 0.550. The molecule has 1 aliphatic rings. The molecule has 0 saturated carbocycles. The quantitative estimate of drug-likeness (QED) is 0.128. The summed E-state index contributed by atoms with van der Waals surface area (Å²) in [5, 5.41) is 5.91. The van der Waals surface area contributed by atoms with Crippen molar-refractivity contribution in [1.29, 1.82) is 0 Å². The molecule has 0 aliphatic carbocycles. The summed E-state index contributed by atoms with van der Waals surface area (Å²) in [4.78, 5) is 47.0. The van der Waals surface area contributed by atoms with Gasteiger partial charge in [-0.3, -0.25) is 14.4 Å². The number of aryl methyl sites for hydroxylation is 2. The number of carbonyl (C=O) groups is 3. The monoisotopic (exact) mass is 720 g/mol. The SMILES string of the molecule is CCc1cccc(OCCCCCOCCCOCC(=O)NC(C(=O)N2CCCC2C(=O)NCc2ccc(-c3scnc3C)cc2)C(C)(C)C)c1. The summed E-state index contributed by atoms with van der Waals surface area (Å²) in [6.45, 7) is 12.9. The van der Waals surface area contributed by atoms with Crippen LogP contribution in [-0.2, 0) is 36.8 Å². The Morgan fingerprint density at radius 3 is 2.43 bits per heavy atom. The van der Waals surface area contributed by atoms with E-state index in [-0.39, 0.29) is 24.3 Å². The van der Waals surface area contributed by atoms with Crippen LogP contribution in [0.1, 0.15) is 83.0 Å². The lowest BCUT2D eigenvalue weighted by Gasteiger charge is -2.35. The number of hydrogen-bond acceptors (Lipinski definition) is 8. The van der Waals surface area contributed by atoms with Crippen molar-refractivity contribution in [3.05, 3.63) is 70.9 Å². The van der Waals surface area contributed by atoms with Crippen LogP contribution in [0.3, 0.4) is 0 Å². The fourth-order valence-electron chi connectivity index (χ4n) is 6.04. The van der Waals surface area contributed by atoms with E-state index in [2.05, 4.69) is 34.7 Å². The maximum absolute atomic E-state index is 13.8. The molecule has 278 valence electrons. The van der Waals surface area contributed by atoms with Gasteiger partial charge in [0, 0.05) is 32.9 Å². The lowest BCUT2D eigenvalue weighted by Crippen LogP contribution is -2.58. The molecule has 51 heavy (non-hydrogen) atoms. The second-order valence-corrected chi connectivity index (χ2v) is 15.0. The van der Waals surface area contributed by atoms with Gasteiger partial charge >= 0.3 is 0 Å². The average Bonchev–Trinajstić information content (AvgIpc) is 3.79. The molecule has 0 radical (unpaired) electrons. The second kappa shape index (κ2) is 20.3. The molecule has 0 bridgehead atoms. The predicted octanol–water partition coefficient (Wildman–Crippen LogP) is 6.49. The van der Waals surface area contributed by atoms with Crippen LogP contribution < -0.4 is 15.4 Å². The molecular weight excluding hydrogens is 665 g/mol. The standard InChI is InChI=1S/C40H56N4O6S/c1-6-30-13-10-14-33(25-30)50-24-9-7-8-21-48-22-12-23-49-27-35(45)43-37(40(3,4)5)39(47)44-20-11-15-34(44)38(46)41-26-31-16-18-32(19-17-31)36-29(2)42-28-51-36/h10,13-14,16-19,25,28,34,37H,6-9,11-12,15,20-24,26-27H2,1-5H3,(H,41,46)(H,43,45). The molecule has 3 aromatic rings. The molecular formula is C40H56N4O6S. The molecule has 2 atom stereocenters. The number of likely N-dealkylation sites (tertiary alicyclic amines) is 1. The summed E-state index contributed by atoms with van der Waals surface area (Å²) >= 11 is 1.61. The minimum atomic E-state index is -0.792. The van der Waals surface area contributed by atoms with Gasteiger partial charge in [-0.1, -0.05) is 64.1 Å². The molecule has 1 fully saturated rings. The Bertz CT molecular complexity index is 1540. The van der Waals surface area contributed by atoms with E-state index in [1.54, 1.807) is 16.2 Å². The molecule has 10 nitrogen and oxygen atoms in total. The molecule has 2 aromatic carbocycles. The highest BCUT2D eigenvalue weighted by molar-refractivity contribution is 7.13. The number of ether oxygens (including phenoxy) is 3. The van der Waals surface area contributed by atoms with E-state index < -0.39 is 17.5 Å². The summed E-state index contributed by atoms with van der Waals surface area (Å²) in [5.41, 5.74) is 5.63. The first kappa shape index (κ1) is 40.0. The van der Waals surface area contributed by atoms with Crippen molar-refractivity contribution >= 4 is 29.1 Å². The normalized spacial score (nSPS) is 15.1. The number of benzene rings is 2. The van der Waals surface area contributed by atoms with E-state index in [0.29, 0.717) is 52.4 Å². The molecule has 0 spiro atoms. The van der Waals surface area contributed by atoms with Gasteiger partial charge in [0.05, 0.1) is 22.7 Å². The Kier molecular flexibility index (Phi) is 15.9. The maximum atomic E-state index is 13.8. The molecule has 4 rings (SSSR count). The summed E-state index contributed by atoms with van der Waals surface area (Å²) in [6, 6.07) is 14.9. The average molecular weight is 721 g/mol. The van der Waals surface area contributed by atoms with E-state index in [9.17, 15) is 14.4 Å². The number of carbonyl (C=O) groups excluding carboxylic acids is 3. The van der Waals surface area contributed by atoms with Gasteiger partial charge in [0.1, 0.15) is 24.4 Å². The number of rotatable bonds is 20. The van der Waals surface area contributed by atoms with E-state index in [1.807, 2.05) is 69.6 Å². The zero-order valence-electron chi connectivity index (χ0n) is 31.0. The van der Waals surface area contributed by atoms with Gasteiger partial charge in [0.2, 0.25) is 17.7 Å². The van der Waals surface area contributed by atoms with Crippen LogP contribution in [0, 0.1) is 12.3 Å². The molecule has 1 aromatic heterocycles.